The van der Waals surface area contributed by atoms with E-state index in [-0.39, 0.29) is 18.6 Å². The van der Waals surface area contributed by atoms with E-state index in [0.717, 1.165) is 0 Å². The second-order valence-corrected chi connectivity index (χ2v) is 5.05. The molecule has 9 heteroatoms. The minimum absolute atomic E-state index is 0.286. The molecular formula is C14H20N4O5. The number of aryl methyl sites for hydroxylation is 1. The third-order valence-corrected chi connectivity index (χ3v) is 3.43. The number of ether oxygens (including phenoxy) is 2. The van der Waals surface area contributed by atoms with E-state index in [9.17, 15) is 14.4 Å². The Kier molecular flexibility index (Phi) is 5.56. The zero-order valence-corrected chi connectivity index (χ0v) is 13.2. The highest BCUT2D eigenvalue weighted by atomic mass is 16.6. The first-order valence-corrected chi connectivity index (χ1v) is 7.36. The van der Waals surface area contributed by atoms with Gasteiger partial charge >= 0.3 is 12.1 Å². The highest BCUT2D eigenvalue weighted by Gasteiger charge is 2.25. The summed E-state index contributed by atoms with van der Waals surface area (Å²) in [5.41, 5.74) is 0.299. The van der Waals surface area contributed by atoms with Gasteiger partial charge in [0, 0.05) is 39.4 Å². The number of nitrogens with zero attached hydrogens (tertiary/aromatic N) is 4. The number of aromatic nitrogens is 2. The van der Waals surface area contributed by atoms with E-state index < -0.39 is 5.97 Å². The number of rotatable bonds is 4. The summed E-state index contributed by atoms with van der Waals surface area (Å²) in [4.78, 5) is 38.5. The minimum Gasteiger partial charge on any atom is -0.452 e. The molecule has 2 amide bonds. The predicted molar refractivity (Wildman–Crippen MR) is 78.7 cm³/mol. The fourth-order valence-corrected chi connectivity index (χ4v) is 2.18. The molecule has 0 N–H and O–H groups in total. The average molecular weight is 324 g/mol. The zero-order chi connectivity index (χ0) is 16.8. The maximum Gasteiger partial charge on any atom is 0.409 e. The van der Waals surface area contributed by atoms with Gasteiger partial charge in [-0.05, 0) is 6.92 Å². The van der Waals surface area contributed by atoms with Crippen LogP contribution in [0.5, 0.6) is 0 Å². The first-order valence-electron chi connectivity index (χ1n) is 7.36. The molecule has 1 aromatic rings. The van der Waals surface area contributed by atoms with Gasteiger partial charge in [-0.1, -0.05) is 0 Å². The number of hydrogen-bond donors (Lipinski definition) is 0. The first kappa shape index (κ1) is 16.8. The average Bonchev–Trinajstić information content (AvgIpc) is 2.99. The number of piperazine rings is 1. The van der Waals surface area contributed by atoms with Gasteiger partial charge in [-0.25, -0.2) is 9.59 Å². The van der Waals surface area contributed by atoms with Gasteiger partial charge in [-0.15, -0.1) is 0 Å². The summed E-state index contributed by atoms with van der Waals surface area (Å²) in [6.45, 7) is 3.33. The zero-order valence-electron chi connectivity index (χ0n) is 13.2. The molecule has 0 aromatic carbocycles. The topological polar surface area (TPSA) is 94.0 Å². The number of carbonyl (C=O) groups is 3. The van der Waals surface area contributed by atoms with Crippen molar-refractivity contribution >= 4 is 18.0 Å². The number of hydrogen-bond acceptors (Lipinski definition) is 6. The van der Waals surface area contributed by atoms with Crippen molar-refractivity contribution in [2.24, 2.45) is 7.05 Å². The second-order valence-electron chi connectivity index (χ2n) is 5.05. The molecular weight excluding hydrogens is 304 g/mol. The molecule has 1 saturated heterocycles. The standard InChI is InChI=1S/C14H20N4O5/c1-3-22-14(21)18-6-4-17(5-7-18)12(19)10-23-13(20)11-8-15-16(2)9-11/h8-9H,3-7,10H2,1-2H3. The van der Waals surface area contributed by atoms with Crippen LogP contribution >= 0.6 is 0 Å². The van der Waals surface area contributed by atoms with Crippen molar-refractivity contribution in [1.29, 1.82) is 0 Å². The van der Waals surface area contributed by atoms with Crippen molar-refractivity contribution in [3.8, 4) is 0 Å². The largest absolute Gasteiger partial charge is 0.452 e. The van der Waals surface area contributed by atoms with Crippen molar-refractivity contribution in [2.45, 2.75) is 6.92 Å². The van der Waals surface area contributed by atoms with E-state index in [4.69, 9.17) is 9.47 Å². The van der Waals surface area contributed by atoms with Gasteiger partial charge in [-0.3, -0.25) is 9.48 Å². The molecule has 9 nitrogen and oxygen atoms in total. The second kappa shape index (κ2) is 7.61. The minimum atomic E-state index is -0.586. The van der Waals surface area contributed by atoms with Crippen LogP contribution in [0.25, 0.3) is 0 Å². The van der Waals surface area contributed by atoms with Gasteiger partial charge in [0.05, 0.1) is 18.4 Å². The molecule has 0 radical (unpaired) electrons. The van der Waals surface area contributed by atoms with Crippen LogP contribution in [-0.2, 0) is 21.3 Å². The summed E-state index contributed by atoms with van der Waals surface area (Å²) in [7, 11) is 1.69. The molecule has 0 unspecified atom stereocenters. The first-order chi connectivity index (χ1) is 11.0. The van der Waals surface area contributed by atoms with E-state index in [1.165, 1.54) is 17.1 Å². The predicted octanol–water partition coefficient (Wildman–Crippen LogP) is -0.122. The smallest absolute Gasteiger partial charge is 0.409 e. The fourth-order valence-electron chi connectivity index (χ4n) is 2.18. The van der Waals surface area contributed by atoms with Crippen LogP contribution in [0.3, 0.4) is 0 Å². The SMILES string of the molecule is CCOC(=O)N1CCN(C(=O)COC(=O)c2cnn(C)c2)CC1. The normalized spacial score (nSPS) is 14.5. The summed E-state index contributed by atoms with van der Waals surface area (Å²) in [5.74, 6) is -0.873. The number of esters is 1. The third kappa shape index (κ3) is 4.44. The van der Waals surface area contributed by atoms with Crippen LogP contribution in [0.2, 0.25) is 0 Å². The molecule has 0 atom stereocenters. The molecule has 1 fully saturated rings. The van der Waals surface area contributed by atoms with Gasteiger partial charge in [0.15, 0.2) is 6.61 Å². The lowest BCUT2D eigenvalue weighted by Gasteiger charge is -2.33. The highest BCUT2D eigenvalue weighted by molar-refractivity contribution is 5.90. The molecule has 126 valence electrons. The summed E-state index contributed by atoms with van der Waals surface area (Å²) < 4.78 is 11.4. The molecule has 1 aliphatic heterocycles. The monoisotopic (exact) mass is 324 g/mol. The summed E-state index contributed by atoms with van der Waals surface area (Å²) in [6.07, 6.45) is 2.53. The van der Waals surface area contributed by atoms with Gasteiger partial charge in [-0.2, -0.15) is 5.10 Å². The molecule has 2 heterocycles. The number of carbonyl (C=O) groups excluding carboxylic acids is 3. The van der Waals surface area contributed by atoms with Crippen LogP contribution in [0.15, 0.2) is 12.4 Å². The summed E-state index contributed by atoms with van der Waals surface area (Å²) in [6, 6.07) is 0. The lowest BCUT2D eigenvalue weighted by molar-refractivity contribution is -0.136. The van der Waals surface area contributed by atoms with Crippen LogP contribution in [0, 0.1) is 0 Å². The van der Waals surface area contributed by atoms with Crippen molar-refractivity contribution in [3.63, 3.8) is 0 Å². The van der Waals surface area contributed by atoms with Crippen molar-refractivity contribution in [1.82, 2.24) is 19.6 Å². The van der Waals surface area contributed by atoms with Crippen molar-refractivity contribution in [3.05, 3.63) is 18.0 Å². The number of amides is 2. The molecule has 23 heavy (non-hydrogen) atoms. The van der Waals surface area contributed by atoms with Gasteiger partial charge in [0.25, 0.3) is 5.91 Å². The van der Waals surface area contributed by atoms with Crippen LogP contribution in [0.4, 0.5) is 4.79 Å². The Morgan fingerprint density at radius 3 is 2.35 bits per heavy atom. The van der Waals surface area contributed by atoms with Crippen molar-refractivity contribution < 1.29 is 23.9 Å². The maximum atomic E-state index is 12.0. The maximum absolute atomic E-state index is 12.0. The lowest BCUT2D eigenvalue weighted by atomic mass is 10.3. The van der Waals surface area contributed by atoms with E-state index >= 15 is 0 Å². The van der Waals surface area contributed by atoms with E-state index in [2.05, 4.69) is 5.10 Å². The Hall–Kier alpha value is -2.58. The molecule has 2 rings (SSSR count). The molecule has 1 aromatic heterocycles. The van der Waals surface area contributed by atoms with Gasteiger partial charge in [0.1, 0.15) is 0 Å². The lowest BCUT2D eigenvalue weighted by Crippen LogP contribution is -2.51. The Morgan fingerprint density at radius 2 is 1.78 bits per heavy atom. The van der Waals surface area contributed by atoms with E-state index in [1.54, 1.807) is 23.8 Å². The van der Waals surface area contributed by atoms with Crippen molar-refractivity contribution in [2.75, 3.05) is 39.4 Å². The fraction of sp³-hybridized carbons (Fsp3) is 0.571. The summed E-state index contributed by atoms with van der Waals surface area (Å²) in [5, 5.41) is 3.87. The Balaban J connectivity index is 1.75. The van der Waals surface area contributed by atoms with E-state index in [0.29, 0.717) is 38.3 Å². The Morgan fingerprint density at radius 1 is 1.13 bits per heavy atom. The van der Waals surface area contributed by atoms with E-state index in [1.807, 2.05) is 0 Å². The molecule has 0 aliphatic carbocycles. The molecule has 0 saturated carbocycles. The van der Waals surface area contributed by atoms with Crippen LogP contribution < -0.4 is 0 Å². The highest BCUT2D eigenvalue weighted by Crippen LogP contribution is 2.05. The Labute approximate surface area is 133 Å². The Bertz CT molecular complexity index is 577. The molecule has 0 spiro atoms. The van der Waals surface area contributed by atoms with Crippen LogP contribution in [-0.4, -0.2) is 76.9 Å². The molecule has 1 aliphatic rings. The van der Waals surface area contributed by atoms with Gasteiger partial charge in [0.2, 0.25) is 0 Å². The molecule has 0 bridgehead atoms. The van der Waals surface area contributed by atoms with Crippen LogP contribution in [0.1, 0.15) is 17.3 Å². The van der Waals surface area contributed by atoms with Gasteiger partial charge < -0.3 is 19.3 Å². The summed E-state index contributed by atoms with van der Waals surface area (Å²) >= 11 is 0. The third-order valence-electron chi connectivity index (χ3n) is 3.43. The quantitative estimate of drug-likeness (QED) is 0.717.